The van der Waals surface area contributed by atoms with Crippen LogP contribution in [0, 0.1) is 5.41 Å². The van der Waals surface area contributed by atoms with E-state index in [2.05, 4.69) is 0 Å². The number of amidine groups is 1. The number of methoxy groups -OCH3 is 1. The van der Waals surface area contributed by atoms with Crippen LogP contribution in [0.25, 0.3) is 0 Å². The molecule has 0 aromatic carbocycles. The Labute approximate surface area is 68.9 Å². The Kier molecular flexibility index (Phi) is 3.93. The first-order chi connectivity index (χ1) is 5.00. The van der Waals surface area contributed by atoms with Crippen LogP contribution in [0.15, 0.2) is 0 Å². The average Bonchev–Trinajstić information content (AvgIpc) is 1.85. The molecule has 1 N–H and O–H groups in total. The molecule has 11 heavy (non-hydrogen) atoms. The summed E-state index contributed by atoms with van der Waals surface area (Å²) in [6.45, 7) is 8.20. The Balaban J connectivity index is 4.22. The van der Waals surface area contributed by atoms with Crippen molar-refractivity contribution in [1.82, 2.24) is 4.90 Å². The fourth-order valence-electron chi connectivity index (χ4n) is 1.17. The summed E-state index contributed by atoms with van der Waals surface area (Å²) in [5.74, 6) is 0. The standard InChI is InChI=1S/C8H18N2O/c1-6(2)10(7(3)4)8(9)11-5/h6-7,9H,1-5H3. The van der Waals surface area contributed by atoms with E-state index < -0.39 is 0 Å². The summed E-state index contributed by atoms with van der Waals surface area (Å²) in [7, 11) is 1.53. The zero-order valence-electron chi connectivity index (χ0n) is 8.01. The van der Waals surface area contributed by atoms with E-state index in [-0.39, 0.29) is 6.02 Å². The predicted octanol–water partition coefficient (Wildman–Crippen LogP) is 1.69. The minimum Gasteiger partial charge on any atom is -0.469 e. The van der Waals surface area contributed by atoms with Crippen molar-refractivity contribution in [2.24, 2.45) is 0 Å². The molecule has 0 unspecified atom stereocenters. The zero-order chi connectivity index (χ0) is 9.02. The normalized spacial score (nSPS) is 10.5. The third kappa shape index (κ3) is 2.78. The van der Waals surface area contributed by atoms with E-state index in [0.29, 0.717) is 12.1 Å². The number of hydrogen-bond donors (Lipinski definition) is 1. The second kappa shape index (κ2) is 4.21. The lowest BCUT2D eigenvalue weighted by atomic mass is 10.2. The molecule has 0 saturated heterocycles. The van der Waals surface area contributed by atoms with Gasteiger partial charge in [-0.1, -0.05) is 0 Å². The first-order valence-corrected chi connectivity index (χ1v) is 3.91. The molecule has 0 atom stereocenters. The van der Waals surface area contributed by atoms with Crippen LogP contribution in [-0.4, -0.2) is 30.1 Å². The lowest BCUT2D eigenvalue weighted by Crippen LogP contribution is -2.42. The maximum Gasteiger partial charge on any atom is 0.284 e. The SMILES string of the molecule is COC(=N)N(C(C)C)C(C)C. The van der Waals surface area contributed by atoms with E-state index in [0.717, 1.165) is 0 Å². The summed E-state index contributed by atoms with van der Waals surface area (Å²) in [6, 6.07) is 0.889. The molecule has 0 aliphatic rings. The van der Waals surface area contributed by atoms with Gasteiger partial charge in [-0.3, -0.25) is 5.41 Å². The first-order valence-electron chi connectivity index (χ1n) is 3.91. The molecular formula is C8H18N2O. The van der Waals surface area contributed by atoms with E-state index in [1.54, 1.807) is 0 Å². The van der Waals surface area contributed by atoms with Gasteiger partial charge in [-0.05, 0) is 27.7 Å². The summed E-state index contributed by atoms with van der Waals surface area (Å²) >= 11 is 0. The molecular weight excluding hydrogens is 140 g/mol. The van der Waals surface area contributed by atoms with E-state index in [1.807, 2.05) is 32.6 Å². The molecule has 3 heteroatoms. The van der Waals surface area contributed by atoms with Crippen molar-refractivity contribution in [1.29, 1.82) is 5.41 Å². The number of rotatable bonds is 2. The molecule has 0 aromatic heterocycles. The van der Waals surface area contributed by atoms with Gasteiger partial charge in [0, 0.05) is 12.1 Å². The van der Waals surface area contributed by atoms with Gasteiger partial charge in [-0.2, -0.15) is 0 Å². The van der Waals surface area contributed by atoms with Gasteiger partial charge in [0.15, 0.2) is 0 Å². The van der Waals surface area contributed by atoms with Gasteiger partial charge in [0.05, 0.1) is 7.11 Å². The molecule has 3 nitrogen and oxygen atoms in total. The first kappa shape index (κ1) is 10.3. The Hall–Kier alpha value is -0.730. The lowest BCUT2D eigenvalue weighted by molar-refractivity contribution is 0.211. The molecule has 0 amide bonds. The minimum absolute atomic E-state index is 0.245. The molecule has 66 valence electrons. The molecule has 0 spiro atoms. The van der Waals surface area contributed by atoms with Crippen molar-refractivity contribution in [3.05, 3.63) is 0 Å². The molecule has 0 heterocycles. The molecule has 0 bridgehead atoms. The highest BCUT2D eigenvalue weighted by atomic mass is 16.5. The van der Waals surface area contributed by atoms with E-state index in [1.165, 1.54) is 7.11 Å². The third-order valence-corrected chi connectivity index (χ3v) is 1.54. The van der Waals surface area contributed by atoms with Crippen LogP contribution in [0.1, 0.15) is 27.7 Å². The fraction of sp³-hybridized carbons (Fsp3) is 0.875. The second-order valence-corrected chi connectivity index (χ2v) is 3.10. The van der Waals surface area contributed by atoms with Gasteiger partial charge in [-0.25, -0.2) is 0 Å². The highest BCUT2D eigenvalue weighted by Gasteiger charge is 2.16. The highest BCUT2D eigenvalue weighted by Crippen LogP contribution is 2.05. The summed E-state index contributed by atoms with van der Waals surface area (Å²) in [6.07, 6.45) is 0. The van der Waals surface area contributed by atoms with Crippen molar-refractivity contribution in [2.75, 3.05) is 7.11 Å². The van der Waals surface area contributed by atoms with E-state index >= 15 is 0 Å². The topological polar surface area (TPSA) is 36.3 Å². The van der Waals surface area contributed by atoms with Crippen molar-refractivity contribution >= 4 is 6.02 Å². The van der Waals surface area contributed by atoms with Crippen LogP contribution < -0.4 is 0 Å². The van der Waals surface area contributed by atoms with Crippen LogP contribution in [0.3, 0.4) is 0 Å². The quantitative estimate of drug-likeness (QED) is 0.490. The Morgan fingerprint density at radius 3 is 1.64 bits per heavy atom. The summed E-state index contributed by atoms with van der Waals surface area (Å²) in [5.41, 5.74) is 0. The van der Waals surface area contributed by atoms with Crippen LogP contribution >= 0.6 is 0 Å². The van der Waals surface area contributed by atoms with E-state index in [9.17, 15) is 0 Å². The third-order valence-electron chi connectivity index (χ3n) is 1.54. The highest BCUT2D eigenvalue weighted by molar-refractivity contribution is 5.70. The summed E-state index contributed by atoms with van der Waals surface area (Å²) in [5, 5.41) is 7.46. The predicted molar refractivity (Wildman–Crippen MR) is 46.8 cm³/mol. The smallest absolute Gasteiger partial charge is 0.284 e. The molecule has 0 saturated carbocycles. The Morgan fingerprint density at radius 2 is 1.55 bits per heavy atom. The van der Waals surface area contributed by atoms with Crippen molar-refractivity contribution < 1.29 is 4.74 Å². The monoisotopic (exact) mass is 158 g/mol. The van der Waals surface area contributed by atoms with E-state index in [4.69, 9.17) is 10.1 Å². The van der Waals surface area contributed by atoms with Crippen LogP contribution in [0.4, 0.5) is 0 Å². The maximum absolute atomic E-state index is 7.46. The molecule has 0 aliphatic heterocycles. The molecule has 0 radical (unpaired) electrons. The minimum atomic E-state index is 0.245. The average molecular weight is 158 g/mol. The van der Waals surface area contributed by atoms with Gasteiger partial charge in [0.2, 0.25) is 0 Å². The fourth-order valence-corrected chi connectivity index (χ4v) is 1.17. The van der Waals surface area contributed by atoms with Crippen molar-refractivity contribution in [3.63, 3.8) is 0 Å². The van der Waals surface area contributed by atoms with Crippen molar-refractivity contribution in [2.45, 2.75) is 39.8 Å². The van der Waals surface area contributed by atoms with Crippen LogP contribution in [0.5, 0.6) is 0 Å². The Bertz CT molecular complexity index is 124. The molecule has 0 fully saturated rings. The molecule has 0 aliphatic carbocycles. The van der Waals surface area contributed by atoms with Crippen LogP contribution in [-0.2, 0) is 4.74 Å². The van der Waals surface area contributed by atoms with Gasteiger partial charge in [0.1, 0.15) is 0 Å². The molecule has 0 rings (SSSR count). The van der Waals surface area contributed by atoms with Gasteiger partial charge in [-0.15, -0.1) is 0 Å². The number of hydrogen-bond acceptors (Lipinski definition) is 2. The maximum atomic E-state index is 7.46. The van der Waals surface area contributed by atoms with Gasteiger partial charge >= 0.3 is 0 Å². The zero-order valence-corrected chi connectivity index (χ0v) is 8.01. The van der Waals surface area contributed by atoms with Crippen LogP contribution in [0.2, 0.25) is 0 Å². The number of nitrogens with one attached hydrogen (secondary N) is 1. The molecule has 0 aromatic rings. The number of nitrogens with zero attached hydrogens (tertiary/aromatic N) is 1. The van der Waals surface area contributed by atoms with Gasteiger partial charge in [0.25, 0.3) is 6.02 Å². The number of ether oxygens (including phenoxy) is 1. The summed E-state index contributed by atoms with van der Waals surface area (Å²) < 4.78 is 4.84. The lowest BCUT2D eigenvalue weighted by Gasteiger charge is -2.31. The Morgan fingerprint density at radius 1 is 1.18 bits per heavy atom. The summed E-state index contributed by atoms with van der Waals surface area (Å²) in [4.78, 5) is 1.92. The van der Waals surface area contributed by atoms with Crippen molar-refractivity contribution in [3.8, 4) is 0 Å². The largest absolute Gasteiger partial charge is 0.469 e. The second-order valence-electron chi connectivity index (χ2n) is 3.10. The van der Waals surface area contributed by atoms with Gasteiger partial charge < -0.3 is 9.64 Å².